The molecule has 0 saturated heterocycles. The highest BCUT2D eigenvalue weighted by molar-refractivity contribution is 5.85. The summed E-state index contributed by atoms with van der Waals surface area (Å²) in [6.07, 6.45) is 0. The maximum absolute atomic E-state index is 13.8. The van der Waals surface area contributed by atoms with Gasteiger partial charge in [0.05, 0.1) is 13.2 Å². The van der Waals surface area contributed by atoms with Crippen molar-refractivity contribution < 1.29 is 23.0 Å². The Bertz CT molecular complexity index is 1430. The fourth-order valence-electron chi connectivity index (χ4n) is 3.79. The molecule has 0 amide bonds. The van der Waals surface area contributed by atoms with Crippen LogP contribution in [-0.4, -0.2) is 12.2 Å². The molecular formula is C26H22ClF3N2O4. The van der Waals surface area contributed by atoms with Gasteiger partial charge in [-0.3, -0.25) is 14.9 Å². The molecule has 36 heavy (non-hydrogen) atoms. The molecule has 3 N–H and O–H groups in total. The Morgan fingerprint density at radius 3 is 2.08 bits per heavy atom. The van der Waals surface area contributed by atoms with Gasteiger partial charge in [0, 0.05) is 11.7 Å². The monoisotopic (exact) mass is 518 g/mol. The summed E-state index contributed by atoms with van der Waals surface area (Å²) < 4.78 is 46.3. The largest absolute Gasteiger partial charge is 0.502 e. The summed E-state index contributed by atoms with van der Waals surface area (Å²) in [5, 5.41) is 15.7. The number of hydrogen-bond acceptors (Lipinski definition) is 6. The quantitative estimate of drug-likeness (QED) is 0.224. The SMILES string of the molecule is COc1ccc(C(N[C@H](C)c2cc(F)c(F)c(F)c2)c2cccc(Nc3c(O)c(=O)c3=O)c2)cc1.Cl. The number of aromatic hydroxyl groups is 1. The molecular weight excluding hydrogens is 497 g/mol. The third kappa shape index (κ3) is 5.22. The van der Waals surface area contributed by atoms with E-state index in [0.717, 1.165) is 17.7 Å². The molecule has 0 saturated carbocycles. The molecule has 0 aliphatic carbocycles. The lowest BCUT2D eigenvalue weighted by molar-refractivity contribution is 0.414. The molecule has 0 aliphatic rings. The average Bonchev–Trinajstić information content (AvgIpc) is 2.88. The van der Waals surface area contributed by atoms with Crippen LogP contribution in [0.25, 0.3) is 0 Å². The van der Waals surface area contributed by atoms with E-state index in [2.05, 4.69) is 10.6 Å². The van der Waals surface area contributed by atoms with E-state index in [-0.39, 0.29) is 23.7 Å². The van der Waals surface area contributed by atoms with Crippen LogP contribution in [0.5, 0.6) is 11.5 Å². The molecule has 188 valence electrons. The molecule has 0 bridgehead atoms. The van der Waals surface area contributed by atoms with Crippen molar-refractivity contribution in [1.29, 1.82) is 0 Å². The highest BCUT2D eigenvalue weighted by Crippen LogP contribution is 2.31. The Kier molecular flexibility index (Phi) is 8.07. The van der Waals surface area contributed by atoms with Crippen LogP contribution < -0.4 is 26.2 Å². The van der Waals surface area contributed by atoms with E-state index in [1.54, 1.807) is 43.3 Å². The van der Waals surface area contributed by atoms with Crippen LogP contribution in [0, 0.1) is 17.5 Å². The molecule has 1 unspecified atom stereocenters. The van der Waals surface area contributed by atoms with Crippen LogP contribution in [0.3, 0.4) is 0 Å². The second-order valence-corrected chi connectivity index (χ2v) is 8.03. The fourth-order valence-corrected chi connectivity index (χ4v) is 3.79. The normalized spacial score (nSPS) is 12.6. The number of nitrogens with one attached hydrogen (secondary N) is 2. The van der Waals surface area contributed by atoms with Gasteiger partial charge in [-0.25, -0.2) is 13.2 Å². The summed E-state index contributed by atoms with van der Waals surface area (Å²) in [5.41, 5.74) is 0.190. The minimum atomic E-state index is -1.53. The number of anilines is 2. The van der Waals surface area contributed by atoms with Gasteiger partial charge < -0.3 is 15.2 Å². The summed E-state index contributed by atoms with van der Waals surface area (Å²) in [6, 6.07) is 14.8. The zero-order valence-electron chi connectivity index (χ0n) is 19.1. The molecule has 0 radical (unpaired) electrons. The fraction of sp³-hybridized carbons (Fsp3) is 0.154. The number of methoxy groups -OCH3 is 1. The number of ether oxygens (including phenoxy) is 1. The van der Waals surface area contributed by atoms with Gasteiger partial charge in [0.25, 0.3) is 10.9 Å². The van der Waals surface area contributed by atoms with Crippen LogP contribution in [0.15, 0.2) is 70.3 Å². The lowest BCUT2D eigenvalue weighted by atomic mass is 9.96. The van der Waals surface area contributed by atoms with Crippen LogP contribution in [-0.2, 0) is 0 Å². The lowest BCUT2D eigenvalue weighted by Crippen LogP contribution is -2.32. The first kappa shape index (κ1) is 26.8. The van der Waals surface area contributed by atoms with Crippen molar-refractivity contribution in [1.82, 2.24) is 5.32 Å². The van der Waals surface area contributed by atoms with E-state index in [0.29, 0.717) is 17.0 Å². The molecule has 4 aromatic rings. The van der Waals surface area contributed by atoms with Gasteiger partial charge in [0.1, 0.15) is 11.4 Å². The number of benzene rings is 3. The minimum Gasteiger partial charge on any atom is -0.502 e. The highest BCUT2D eigenvalue weighted by Gasteiger charge is 2.23. The van der Waals surface area contributed by atoms with Crippen molar-refractivity contribution in [3.8, 4) is 11.5 Å². The predicted molar refractivity (Wildman–Crippen MR) is 133 cm³/mol. The second kappa shape index (κ2) is 10.8. The van der Waals surface area contributed by atoms with Crippen molar-refractivity contribution in [3.05, 3.63) is 115 Å². The molecule has 0 spiro atoms. The Morgan fingerprint density at radius 2 is 1.50 bits per heavy atom. The van der Waals surface area contributed by atoms with Crippen molar-refractivity contribution in [2.24, 2.45) is 0 Å². The summed E-state index contributed by atoms with van der Waals surface area (Å²) in [7, 11) is 1.54. The van der Waals surface area contributed by atoms with Crippen LogP contribution in [0.1, 0.15) is 35.7 Å². The van der Waals surface area contributed by atoms with Crippen LogP contribution in [0.2, 0.25) is 0 Å². The van der Waals surface area contributed by atoms with Crippen molar-refractivity contribution in [2.75, 3.05) is 12.4 Å². The van der Waals surface area contributed by atoms with E-state index in [4.69, 9.17) is 4.74 Å². The standard InChI is InChI=1S/C26H21F3N2O4.ClH/c1-13(16-11-19(27)21(29)20(28)12-16)30-22(14-6-8-18(35-2)9-7-14)15-4-3-5-17(10-15)31-23-24(32)26(34)25(23)33;/h3-13,22,30-32H,1-2H3;1H/t13-,22?;/m1./s1. The van der Waals surface area contributed by atoms with Gasteiger partial charge in [-0.2, -0.15) is 0 Å². The van der Waals surface area contributed by atoms with Gasteiger partial charge in [-0.15, -0.1) is 12.4 Å². The molecule has 6 nitrogen and oxygen atoms in total. The Balaban J connectivity index is 0.00000361. The Hall–Kier alpha value is -3.82. The number of hydrogen-bond donors (Lipinski definition) is 3. The van der Waals surface area contributed by atoms with E-state index >= 15 is 0 Å². The third-order valence-corrected chi connectivity index (χ3v) is 5.75. The van der Waals surface area contributed by atoms with Crippen molar-refractivity contribution in [3.63, 3.8) is 0 Å². The minimum absolute atomic E-state index is 0. The van der Waals surface area contributed by atoms with Crippen LogP contribution >= 0.6 is 12.4 Å². The first-order valence-corrected chi connectivity index (χ1v) is 10.6. The smallest absolute Gasteiger partial charge is 0.271 e. The van der Waals surface area contributed by atoms with Gasteiger partial charge in [-0.1, -0.05) is 24.3 Å². The topological polar surface area (TPSA) is 87.7 Å². The van der Waals surface area contributed by atoms with E-state index < -0.39 is 46.1 Å². The maximum Gasteiger partial charge on any atom is 0.271 e. The van der Waals surface area contributed by atoms with Gasteiger partial charge in [0.15, 0.2) is 23.2 Å². The number of halogens is 4. The van der Waals surface area contributed by atoms with Crippen molar-refractivity contribution >= 4 is 23.8 Å². The van der Waals surface area contributed by atoms with Gasteiger partial charge in [0.2, 0.25) is 0 Å². The zero-order chi connectivity index (χ0) is 25.3. The summed E-state index contributed by atoms with van der Waals surface area (Å²) in [5.74, 6) is -4.09. The second-order valence-electron chi connectivity index (χ2n) is 8.03. The highest BCUT2D eigenvalue weighted by atomic mass is 35.5. The molecule has 0 aliphatic heterocycles. The molecule has 4 aromatic carbocycles. The first-order valence-electron chi connectivity index (χ1n) is 10.6. The van der Waals surface area contributed by atoms with E-state index in [9.17, 15) is 27.9 Å². The van der Waals surface area contributed by atoms with Crippen molar-refractivity contribution in [2.45, 2.75) is 19.0 Å². The van der Waals surface area contributed by atoms with Gasteiger partial charge in [-0.05, 0) is 60.0 Å². The molecule has 2 atom stereocenters. The molecule has 10 heteroatoms. The summed E-state index contributed by atoms with van der Waals surface area (Å²) in [4.78, 5) is 23.0. The summed E-state index contributed by atoms with van der Waals surface area (Å²) >= 11 is 0. The average molecular weight is 519 g/mol. The molecule has 4 rings (SSSR count). The lowest BCUT2D eigenvalue weighted by Gasteiger charge is -2.25. The van der Waals surface area contributed by atoms with E-state index in [1.807, 2.05) is 12.1 Å². The molecule has 0 heterocycles. The summed E-state index contributed by atoms with van der Waals surface area (Å²) in [6.45, 7) is 1.69. The Morgan fingerprint density at radius 1 is 0.861 bits per heavy atom. The van der Waals surface area contributed by atoms with Crippen LogP contribution in [0.4, 0.5) is 24.5 Å². The molecule has 0 fully saturated rings. The first-order chi connectivity index (χ1) is 16.7. The Labute approximate surface area is 210 Å². The van der Waals surface area contributed by atoms with E-state index in [1.165, 1.54) is 7.11 Å². The zero-order valence-corrected chi connectivity index (χ0v) is 20.0. The third-order valence-electron chi connectivity index (χ3n) is 5.75. The van der Waals surface area contributed by atoms with Gasteiger partial charge >= 0.3 is 0 Å². The number of rotatable bonds is 8. The predicted octanol–water partition coefficient (Wildman–Crippen LogP) is 5.02. The maximum atomic E-state index is 13.8. The molecule has 0 aromatic heterocycles.